The van der Waals surface area contributed by atoms with Crippen LogP contribution in [0, 0.1) is 11.3 Å². The van der Waals surface area contributed by atoms with Gasteiger partial charge in [-0.05, 0) is 60.2 Å². The molecule has 0 atom stereocenters. The number of methoxy groups -OCH3 is 1. The second-order valence-electron chi connectivity index (χ2n) is 6.65. The van der Waals surface area contributed by atoms with Gasteiger partial charge in [-0.3, -0.25) is 9.52 Å². The van der Waals surface area contributed by atoms with Crippen molar-refractivity contribution in [2.24, 2.45) is 0 Å². The molecule has 3 aromatic carbocycles. The number of rotatable bonds is 7. The highest BCUT2D eigenvalue weighted by Gasteiger charge is 2.18. The normalized spacial score (nSPS) is 11.4. The Morgan fingerprint density at radius 1 is 1.06 bits per heavy atom. The van der Waals surface area contributed by atoms with Crippen LogP contribution in [0.2, 0.25) is 10.0 Å². The van der Waals surface area contributed by atoms with E-state index in [-0.39, 0.29) is 26.9 Å². The molecule has 1 amide bonds. The summed E-state index contributed by atoms with van der Waals surface area (Å²) in [6, 6.07) is 18.6. The molecule has 10 heteroatoms. The molecular weight excluding hydrogens is 485 g/mol. The van der Waals surface area contributed by atoms with Gasteiger partial charge in [-0.15, -0.1) is 0 Å². The molecule has 0 unspecified atom stereocenters. The van der Waals surface area contributed by atoms with Gasteiger partial charge in [0.1, 0.15) is 17.4 Å². The molecule has 0 aliphatic heterocycles. The molecule has 0 aromatic heterocycles. The molecule has 0 aliphatic rings. The lowest BCUT2D eigenvalue weighted by molar-refractivity contribution is -0.112. The number of amides is 1. The summed E-state index contributed by atoms with van der Waals surface area (Å²) in [6.07, 6.45) is 1.39. The van der Waals surface area contributed by atoms with E-state index in [2.05, 4.69) is 10.0 Å². The third-order valence-electron chi connectivity index (χ3n) is 4.37. The van der Waals surface area contributed by atoms with Crippen LogP contribution in [0.3, 0.4) is 0 Å². The first-order valence-corrected chi connectivity index (χ1v) is 11.6. The van der Waals surface area contributed by atoms with E-state index >= 15 is 0 Å². The molecular formula is C23H17Cl2N3O4S. The van der Waals surface area contributed by atoms with Gasteiger partial charge >= 0.3 is 0 Å². The van der Waals surface area contributed by atoms with Gasteiger partial charge in [0.2, 0.25) is 0 Å². The molecule has 3 rings (SSSR count). The van der Waals surface area contributed by atoms with Crippen LogP contribution in [0.5, 0.6) is 5.75 Å². The zero-order valence-electron chi connectivity index (χ0n) is 17.2. The average molecular weight is 502 g/mol. The zero-order chi connectivity index (χ0) is 24.0. The lowest BCUT2D eigenvalue weighted by atomic mass is 10.1. The van der Waals surface area contributed by atoms with E-state index in [1.54, 1.807) is 42.5 Å². The number of benzene rings is 3. The van der Waals surface area contributed by atoms with Crippen molar-refractivity contribution in [1.29, 1.82) is 5.26 Å². The third-order valence-corrected chi connectivity index (χ3v) is 6.31. The number of carbonyl (C=O) groups excluding carboxylic acids is 1. The fraction of sp³-hybridized carbons (Fsp3) is 0.0435. The van der Waals surface area contributed by atoms with Crippen molar-refractivity contribution < 1.29 is 17.9 Å². The van der Waals surface area contributed by atoms with Crippen molar-refractivity contribution in [3.8, 4) is 11.8 Å². The number of hydrogen-bond donors (Lipinski definition) is 2. The maximum Gasteiger partial charge on any atom is 0.266 e. The number of nitrogens with one attached hydrogen (secondary N) is 2. The van der Waals surface area contributed by atoms with Crippen LogP contribution >= 0.6 is 23.2 Å². The Labute approximate surface area is 201 Å². The predicted octanol–water partition coefficient (Wildman–Crippen LogP) is 5.35. The van der Waals surface area contributed by atoms with Crippen molar-refractivity contribution in [2.75, 3.05) is 17.1 Å². The van der Waals surface area contributed by atoms with Gasteiger partial charge in [0, 0.05) is 5.02 Å². The summed E-state index contributed by atoms with van der Waals surface area (Å²) in [5.74, 6) is -0.112. The van der Waals surface area contributed by atoms with E-state index in [4.69, 9.17) is 27.9 Å². The fourth-order valence-corrected chi connectivity index (χ4v) is 4.17. The SMILES string of the molecule is COc1ccc(/C=C(\C#N)C(=O)Nc2cc(S(=O)(=O)Nc3cccc(Cl)c3)ccc2Cl)cc1. The highest BCUT2D eigenvalue weighted by Crippen LogP contribution is 2.27. The molecule has 0 bridgehead atoms. The molecule has 0 aliphatic carbocycles. The number of nitriles is 1. The first-order chi connectivity index (χ1) is 15.7. The number of halogens is 2. The maximum atomic E-state index is 12.8. The Balaban J connectivity index is 1.84. The standard InChI is InChI=1S/C23H17Cl2N3O4S/c1-32-19-7-5-15(6-8-19)11-16(14-26)23(29)27-22-13-20(9-10-21(22)25)33(30,31)28-18-4-2-3-17(24)12-18/h2-13,28H,1H3,(H,27,29)/b16-11+. The van der Waals surface area contributed by atoms with Crippen molar-refractivity contribution >= 4 is 56.6 Å². The minimum atomic E-state index is -4.00. The highest BCUT2D eigenvalue weighted by molar-refractivity contribution is 7.92. The van der Waals surface area contributed by atoms with E-state index in [0.29, 0.717) is 16.3 Å². The molecule has 0 spiro atoms. The second-order valence-corrected chi connectivity index (χ2v) is 9.18. The predicted molar refractivity (Wildman–Crippen MR) is 129 cm³/mol. The molecule has 168 valence electrons. The van der Waals surface area contributed by atoms with E-state index in [9.17, 15) is 18.5 Å². The van der Waals surface area contributed by atoms with E-state index in [1.165, 1.54) is 37.5 Å². The number of sulfonamides is 1. The van der Waals surface area contributed by atoms with Crippen LogP contribution in [0.25, 0.3) is 6.08 Å². The van der Waals surface area contributed by atoms with Gasteiger partial charge in [-0.25, -0.2) is 8.42 Å². The minimum absolute atomic E-state index is 0.0338. The third kappa shape index (κ3) is 6.26. The Morgan fingerprint density at radius 2 is 1.79 bits per heavy atom. The Bertz CT molecular complexity index is 1370. The number of carbonyl (C=O) groups is 1. The smallest absolute Gasteiger partial charge is 0.266 e. The summed E-state index contributed by atoms with van der Waals surface area (Å²) in [4.78, 5) is 12.5. The van der Waals surface area contributed by atoms with Crippen LogP contribution in [-0.2, 0) is 14.8 Å². The van der Waals surface area contributed by atoms with Crippen LogP contribution < -0.4 is 14.8 Å². The van der Waals surface area contributed by atoms with Crippen molar-refractivity contribution in [3.05, 3.63) is 87.9 Å². The summed E-state index contributed by atoms with van der Waals surface area (Å²) < 4.78 is 33.0. The van der Waals surface area contributed by atoms with E-state index < -0.39 is 15.9 Å². The fourth-order valence-electron chi connectivity index (χ4n) is 2.74. The average Bonchev–Trinajstić information content (AvgIpc) is 2.78. The van der Waals surface area contributed by atoms with Crippen LogP contribution in [0.4, 0.5) is 11.4 Å². The van der Waals surface area contributed by atoms with Crippen molar-refractivity contribution in [3.63, 3.8) is 0 Å². The molecule has 7 nitrogen and oxygen atoms in total. The van der Waals surface area contributed by atoms with Crippen LogP contribution in [-0.4, -0.2) is 21.4 Å². The summed E-state index contributed by atoms with van der Waals surface area (Å²) in [7, 11) is -2.47. The van der Waals surface area contributed by atoms with Gasteiger partial charge in [0.25, 0.3) is 15.9 Å². The topological polar surface area (TPSA) is 108 Å². The summed E-state index contributed by atoms with van der Waals surface area (Å²) in [6.45, 7) is 0. The van der Waals surface area contributed by atoms with Crippen molar-refractivity contribution in [2.45, 2.75) is 4.90 Å². The van der Waals surface area contributed by atoms with Crippen molar-refractivity contribution in [1.82, 2.24) is 0 Å². The molecule has 0 saturated heterocycles. The molecule has 0 heterocycles. The van der Waals surface area contributed by atoms with Crippen LogP contribution in [0.15, 0.2) is 77.2 Å². The lowest BCUT2D eigenvalue weighted by Gasteiger charge is -2.12. The number of anilines is 2. The quantitative estimate of drug-likeness (QED) is 0.335. The van der Waals surface area contributed by atoms with Crippen LogP contribution in [0.1, 0.15) is 5.56 Å². The molecule has 0 saturated carbocycles. The van der Waals surface area contributed by atoms with Gasteiger partial charge < -0.3 is 10.1 Å². The van der Waals surface area contributed by atoms with E-state index in [1.807, 2.05) is 6.07 Å². The first kappa shape index (κ1) is 24.1. The lowest BCUT2D eigenvalue weighted by Crippen LogP contribution is -2.16. The Hall–Kier alpha value is -3.51. The molecule has 0 fully saturated rings. The monoisotopic (exact) mass is 501 g/mol. The summed E-state index contributed by atoms with van der Waals surface area (Å²) >= 11 is 12.1. The largest absolute Gasteiger partial charge is 0.497 e. The number of hydrogen-bond acceptors (Lipinski definition) is 5. The summed E-state index contributed by atoms with van der Waals surface area (Å²) in [5.41, 5.74) is 0.723. The van der Waals surface area contributed by atoms with Gasteiger partial charge in [0.15, 0.2) is 0 Å². The minimum Gasteiger partial charge on any atom is -0.497 e. The zero-order valence-corrected chi connectivity index (χ0v) is 19.5. The number of nitrogens with zero attached hydrogens (tertiary/aromatic N) is 1. The van der Waals surface area contributed by atoms with Gasteiger partial charge in [0.05, 0.1) is 28.4 Å². The van der Waals surface area contributed by atoms with Gasteiger partial charge in [-0.2, -0.15) is 5.26 Å². The van der Waals surface area contributed by atoms with Gasteiger partial charge in [-0.1, -0.05) is 41.4 Å². The molecule has 33 heavy (non-hydrogen) atoms. The molecule has 0 radical (unpaired) electrons. The Morgan fingerprint density at radius 3 is 2.42 bits per heavy atom. The number of ether oxygens (including phenoxy) is 1. The molecule has 3 aromatic rings. The first-order valence-electron chi connectivity index (χ1n) is 9.37. The van der Waals surface area contributed by atoms with E-state index in [0.717, 1.165) is 0 Å². The Kier molecular flexibility index (Phi) is 7.61. The molecule has 2 N–H and O–H groups in total. The second kappa shape index (κ2) is 10.4. The summed E-state index contributed by atoms with van der Waals surface area (Å²) in [5, 5.41) is 12.4. The maximum absolute atomic E-state index is 12.8. The highest BCUT2D eigenvalue weighted by atomic mass is 35.5.